The van der Waals surface area contributed by atoms with Gasteiger partial charge in [0.2, 0.25) is 0 Å². The van der Waals surface area contributed by atoms with Crippen molar-refractivity contribution in [3.05, 3.63) is 192 Å². The van der Waals surface area contributed by atoms with Gasteiger partial charge in [0.25, 0.3) is 0 Å². The predicted octanol–water partition coefficient (Wildman–Crippen LogP) is 14.2. The van der Waals surface area contributed by atoms with E-state index >= 15 is 0 Å². The second-order valence-corrected chi connectivity index (χ2v) is 15.5. The number of rotatable bonds is 3. The Hall–Kier alpha value is -6.24. The molecule has 0 amide bonds. The maximum atomic E-state index is 2.57. The highest BCUT2D eigenvalue weighted by molar-refractivity contribution is 6.23. The molecule has 0 bridgehead atoms. The lowest BCUT2D eigenvalue weighted by atomic mass is 9.65. The first kappa shape index (κ1) is 29.3. The zero-order valence-corrected chi connectivity index (χ0v) is 29.6. The van der Waals surface area contributed by atoms with E-state index < -0.39 is 0 Å². The van der Waals surface area contributed by atoms with Crippen molar-refractivity contribution in [3.8, 4) is 55.6 Å². The Labute approximate surface area is 310 Å². The topological polar surface area (TPSA) is 0 Å². The second-order valence-electron chi connectivity index (χ2n) is 15.5. The maximum Gasteiger partial charge on any atom is 0.00990 e. The summed E-state index contributed by atoms with van der Waals surface area (Å²) in [6, 6.07) is 59.3. The van der Waals surface area contributed by atoms with E-state index in [-0.39, 0.29) is 0 Å². The number of allylic oxidation sites excluding steroid dienone is 3. The van der Waals surface area contributed by atoms with Gasteiger partial charge >= 0.3 is 0 Å². The average molecular weight is 673 g/mol. The van der Waals surface area contributed by atoms with E-state index in [0.717, 1.165) is 0 Å². The summed E-state index contributed by atoms with van der Waals surface area (Å²) in [5.74, 6) is 1.56. The Balaban J connectivity index is 1.25. The molecule has 53 heavy (non-hydrogen) atoms. The highest BCUT2D eigenvalue weighted by Crippen LogP contribution is 2.66. The van der Waals surface area contributed by atoms with Crippen LogP contribution in [0.4, 0.5) is 0 Å². The van der Waals surface area contributed by atoms with Crippen LogP contribution in [0.1, 0.15) is 41.0 Å². The van der Waals surface area contributed by atoms with E-state index in [0.29, 0.717) is 23.7 Å². The first-order chi connectivity index (χ1) is 26.2. The van der Waals surface area contributed by atoms with Gasteiger partial charge in [-0.25, -0.2) is 0 Å². The largest absolute Gasteiger partial charge is 0.0844 e. The van der Waals surface area contributed by atoms with Gasteiger partial charge in [0.1, 0.15) is 0 Å². The van der Waals surface area contributed by atoms with Crippen molar-refractivity contribution in [1.82, 2.24) is 0 Å². The molecule has 0 saturated carbocycles. The van der Waals surface area contributed by atoms with Crippen molar-refractivity contribution in [2.24, 2.45) is 11.8 Å². The van der Waals surface area contributed by atoms with Gasteiger partial charge in [-0.15, -0.1) is 0 Å². The summed E-state index contributed by atoms with van der Waals surface area (Å²) in [5.41, 5.74) is 20.7. The molecule has 0 N–H and O–H groups in total. The molecule has 0 heterocycles. The fourth-order valence-corrected chi connectivity index (χ4v) is 10.8. The van der Waals surface area contributed by atoms with Gasteiger partial charge in [0.15, 0.2) is 0 Å². The Morgan fingerprint density at radius 2 is 1.02 bits per heavy atom. The van der Waals surface area contributed by atoms with Crippen LogP contribution in [0, 0.1) is 11.8 Å². The minimum Gasteiger partial charge on any atom is -0.0844 e. The van der Waals surface area contributed by atoms with Gasteiger partial charge in [-0.05, 0) is 129 Å². The van der Waals surface area contributed by atoms with Crippen LogP contribution in [-0.4, -0.2) is 0 Å². The molecule has 12 rings (SSSR count). The highest BCUT2D eigenvalue weighted by Gasteiger charge is 2.49. The van der Waals surface area contributed by atoms with Crippen molar-refractivity contribution in [2.45, 2.75) is 18.8 Å². The molecule has 0 aromatic heterocycles. The second kappa shape index (κ2) is 10.9. The van der Waals surface area contributed by atoms with E-state index in [4.69, 9.17) is 0 Å². The van der Waals surface area contributed by atoms with Gasteiger partial charge < -0.3 is 0 Å². The Morgan fingerprint density at radius 1 is 0.415 bits per heavy atom. The fourth-order valence-electron chi connectivity index (χ4n) is 10.8. The lowest BCUT2D eigenvalue weighted by Crippen LogP contribution is -2.26. The summed E-state index contributed by atoms with van der Waals surface area (Å²) in [7, 11) is 0. The molecule has 4 atom stereocenters. The molecular formula is C53H36. The first-order valence-electron chi connectivity index (χ1n) is 19.1. The van der Waals surface area contributed by atoms with Gasteiger partial charge in [0.05, 0.1) is 0 Å². The smallest absolute Gasteiger partial charge is 0.00990 e. The summed E-state index contributed by atoms with van der Waals surface area (Å²) in [4.78, 5) is 0. The standard InChI is InChI=1S/C53H36/c1-31-24-25-40-36-21-12-11-20-35(36)28-46-51(40)47(31)53-49(34-18-9-4-10-19-34)45-30-43-41-27-26-37(32-14-5-2-6-15-32)38-22-13-23-39(50(38)41)42(43)29-44(45)48(52(46)53)33-16-7-3-8-17-33/h2-31,40,47,51H,1H3. The summed E-state index contributed by atoms with van der Waals surface area (Å²) >= 11 is 0. The van der Waals surface area contributed by atoms with Crippen molar-refractivity contribution >= 4 is 33.2 Å². The molecule has 0 heteroatoms. The zero-order chi connectivity index (χ0) is 34.8. The highest BCUT2D eigenvalue weighted by atomic mass is 14.5. The van der Waals surface area contributed by atoms with E-state index in [9.17, 15) is 0 Å². The Morgan fingerprint density at radius 3 is 1.75 bits per heavy atom. The summed E-state index contributed by atoms with van der Waals surface area (Å²) in [5, 5.41) is 5.39. The van der Waals surface area contributed by atoms with E-state index in [2.05, 4.69) is 183 Å². The van der Waals surface area contributed by atoms with E-state index in [1.807, 2.05) is 0 Å². The molecule has 8 aromatic rings. The van der Waals surface area contributed by atoms with Crippen molar-refractivity contribution in [1.29, 1.82) is 0 Å². The van der Waals surface area contributed by atoms with Crippen LogP contribution in [-0.2, 0) is 0 Å². The van der Waals surface area contributed by atoms with Crippen molar-refractivity contribution in [3.63, 3.8) is 0 Å². The molecular weight excluding hydrogens is 637 g/mol. The third kappa shape index (κ3) is 3.96. The molecule has 248 valence electrons. The van der Waals surface area contributed by atoms with Gasteiger partial charge in [0, 0.05) is 11.8 Å². The minimum absolute atomic E-state index is 0.364. The lowest BCUT2D eigenvalue weighted by molar-refractivity contribution is 0.400. The SMILES string of the molecule is CC1C=CC2c3ccccc3C=C3c4c(c(-c5ccccc5)c5cc6c(cc5c4-c4ccccc4)-c4cccc5c(-c7ccccc7)ccc-6c45)C1C32. The van der Waals surface area contributed by atoms with Gasteiger partial charge in [-0.2, -0.15) is 0 Å². The summed E-state index contributed by atoms with van der Waals surface area (Å²) in [6.45, 7) is 2.45. The maximum absolute atomic E-state index is 2.57. The normalized spacial score (nSPS) is 19.8. The fraction of sp³-hybridized carbons (Fsp3) is 0.0943. The lowest BCUT2D eigenvalue weighted by Gasteiger charge is -2.38. The minimum atomic E-state index is 0.364. The van der Waals surface area contributed by atoms with E-state index in [1.54, 1.807) is 0 Å². The molecule has 0 radical (unpaired) electrons. The van der Waals surface area contributed by atoms with Crippen LogP contribution < -0.4 is 0 Å². The molecule has 4 unspecified atom stereocenters. The molecule has 0 fully saturated rings. The Kier molecular flexibility index (Phi) is 6.03. The predicted molar refractivity (Wildman–Crippen MR) is 224 cm³/mol. The monoisotopic (exact) mass is 672 g/mol. The third-order valence-electron chi connectivity index (χ3n) is 12.9. The number of hydrogen-bond donors (Lipinski definition) is 0. The first-order valence-corrected chi connectivity index (χ1v) is 19.1. The van der Waals surface area contributed by atoms with Crippen LogP contribution in [0.15, 0.2) is 170 Å². The average Bonchev–Trinajstić information content (AvgIpc) is 3.72. The third-order valence-corrected chi connectivity index (χ3v) is 12.9. The quantitative estimate of drug-likeness (QED) is 0.164. The molecule has 0 saturated heterocycles. The molecule has 8 aromatic carbocycles. The molecule has 4 aliphatic rings. The van der Waals surface area contributed by atoms with Gasteiger partial charge in [-0.3, -0.25) is 0 Å². The molecule has 4 aliphatic carbocycles. The van der Waals surface area contributed by atoms with E-state index in [1.165, 1.54) is 105 Å². The van der Waals surface area contributed by atoms with Crippen molar-refractivity contribution < 1.29 is 0 Å². The Bertz CT molecular complexity index is 2890. The summed E-state index contributed by atoms with van der Waals surface area (Å²) < 4.78 is 0. The van der Waals surface area contributed by atoms with Crippen LogP contribution in [0.5, 0.6) is 0 Å². The zero-order valence-electron chi connectivity index (χ0n) is 29.6. The molecule has 0 nitrogen and oxygen atoms in total. The van der Waals surface area contributed by atoms with Crippen molar-refractivity contribution in [2.75, 3.05) is 0 Å². The number of fused-ring (bicyclic) bond motifs is 9. The van der Waals surface area contributed by atoms with Crippen LogP contribution >= 0.6 is 0 Å². The van der Waals surface area contributed by atoms with Crippen LogP contribution in [0.25, 0.3) is 88.8 Å². The van der Waals surface area contributed by atoms with Gasteiger partial charge in [-0.1, -0.05) is 171 Å². The number of benzene rings is 8. The molecule has 0 spiro atoms. The van der Waals surface area contributed by atoms with Crippen LogP contribution in [0.3, 0.4) is 0 Å². The molecule has 0 aliphatic heterocycles. The summed E-state index contributed by atoms with van der Waals surface area (Å²) in [6.07, 6.45) is 7.61. The number of hydrogen-bond acceptors (Lipinski definition) is 0. The van der Waals surface area contributed by atoms with Crippen LogP contribution in [0.2, 0.25) is 0 Å².